The van der Waals surface area contributed by atoms with E-state index in [4.69, 9.17) is 0 Å². The summed E-state index contributed by atoms with van der Waals surface area (Å²) in [5, 5.41) is 3.27. The van der Waals surface area contributed by atoms with E-state index >= 15 is 0 Å². The van der Waals surface area contributed by atoms with Crippen molar-refractivity contribution in [3.8, 4) is 0 Å². The summed E-state index contributed by atoms with van der Waals surface area (Å²) in [6.45, 7) is 0. The van der Waals surface area contributed by atoms with Gasteiger partial charge in [0.25, 0.3) is 0 Å². The zero-order valence-corrected chi connectivity index (χ0v) is 11.0. The maximum absolute atomic E-state index is 12.8. The average Bonchev–Trinajstić information content (AvgIpc) is 2.43. The second kappa shape index (κ2) is 6.52. The van der Waals surface area contributed by atoms with Crippen LogP contribution in [0, 0.1) is 5.82 Å². The third kappa shape index (κ3) is 3.55. The zero-order valence-electron chi connectivity index (χ0n) is 10.1. The standard InChI is InChI=1S/C14H15FN2S/c1-16-14(11-3-2-8-17-9-11)10-18-13-6-4-12(15)5-7-13/h2-9,14,16H,10H2,1H3. The number of pyridine rings is 1. The second-order valence-corrected chi connectivity index (χ2v) is 4.99. The molecule has 0 saturated heterocycles. The molecule has 0 amide bonds. The molecule has 1 aromatic carbocycles. The summed E-state index contributed by atoms with van der Waals surface area (Å²) in [5.41, 5.74) is 1.16. The molecule has 0 aliphatic heterocycles. The van der Waals surface area contributed by atoms with Crippen molar-refractivity contribution in [2.45, 2.75) is 10.9 Å². The molecule has 0 saturated carbocycles. The molecule has 0 radical (unpaired) electrons. The topological polar surface area (TPSA) is 24.9 Å². The molecule has 2 aromatic rings. The Morgan fingerprint density at radius 3 is 2.67 bits per heavy atom. The van der Waals surface area contributed by atoms with Gasteiger partial charge in [-0.05, 0) is 42.9 Å². The summed E-state index contributed by atoms with van der Waals surface area (Å²) in [7, 11) is 1.93. The average molecular weight is 262 g/mol. The molecular formula is C14H15FN2S. The Bertz CT molecular complexity index is 473. The molecule has 0 aliphatic rings. The number of rotatable bonds is 5. The molecule has 0 aliphatic carbocycles. The number of halogens is 1. The highest BCUT2D eigenvalue weighted by Crippen LogP contribution is 2.24. The van der Waals surface area contributed by atoms with Crippen LogP contribution in [0.2, 0.25) is 0 Å². The van der Waals surface area contributed by atoms with Crippen LogP contribution in [0.3, 0.4) is 0 Å². The molecule has 1 N–H and O–H groups in total. The number of thioether (sulfide) groups is 1. The van der Waals surface area contributed by atoms with Gasteiger partial charge in [-0.15, -0.1) is 11.8 Å². The number of aromatic nitrogens is 1. The summed E-state index contributed by atoms with van der Waals surface area (Å²) in [4.78, 5) is 5.19. The van der Waals surface area contributed by atoms with Gasteiger partial charge in [0.2, 0.25) is 0 Å². The van der Waals surface area contributed by atoms with Gasteiger partial charge in [0.1, 0.15) is 5.82 Å². The molecule has 4 heteroatoms. The summed E-state index contributed by atoms with van der Waals surface area (Å²) >= 11 is 1.70. The first-order chi connectivity index (χ1) is 8.79. The van der Waals surface area contributed by atoms with Gasteiger partial charge >= 0.3 is 0 Å². The van der Waals surface area contributed by atoms with Crippen LogP contribution >= 0.6 is 11.8 Å². The van der Waals surface area contributed by atoms with Gasteiger partial charge in [-0.25, -0.2) is 4.39 Å². The zero-order chi connectivity index (χ0) is 12.8. The van der Waals surface area contributed by atoms with E-state index in [2.05, 4.69) is 16.4 Å². The van der Waals surface area contributed by atoms with Crippen molar-refractivity contribution in [1.29, 1.82) is 0 Å². The van der Waals surface area contributed by atoms with Gasteiger partial charge < -0.3 is 5.32 Å². The highest BCUT2D eigenvalue weighted by Gasteiger charge is 2.09. The fourth-order valence-corrected chi connectivity index (χ4v) is 2.69. The van der Waals surface area contributed by atoms with Crippen molar-refractivity contribution in [2.24, 2.45) is 0 Å². The molecule has 2 rings (SSSR count). The van der Waals surface area contributed by atoms with Crippen LogP contribution < -0.4 is 5.32 Å². The summed E-state index contributed by atoms with van der Waals surface area (Å²) in [5.74, 6) is 0.685. The van der Waals surface area contributed by atoms with Gasteiger partial charge in [0.15, 0.2) is 0 Å². The summed E-state index contributed by atoms with van der Waals surface area (Å²) in [6.07, 6.45) is 3.63. The van der Waals surface area contributed by atoms with Gasteiger partial charge in [-0.1, -0.05) is 6.07 Å². The van der Waals surface area contributed by atoms with E-state index in [0.717, 1.165) is 16.2 Å². The summed E-state index contributed by atoms with van der Waals surface area (Å²) in [6, 6.07) is 10.8. The van der Waals surface area contributed by atoms with E-state index in [1.54, 1.807) is 30.1 Å². The third-order valence-electron chi connectivity index (χ3n) is 2.67. The highest BCUT2D eigenvalue weighted by molar-refractivity contribution is 7.99. The van der Waals surface area contributed by atoms with Crippen molar-refractivity contribution in [1.82, 2.24) is 10.3 Å². The first-order valence-electron chi connectivity index (χ1n) is 5.75. The number of benzene rings is 1. The minimum absolute atomic E-state index is 0.197. The SMILES string of the molecule is CNC(CSc1ccc(F)cc1)c1cccnc1. The van der Waals surface area contributed by atoms with Crippen LogP contribution in [0.1, 0.15) is 11.6 Å². The molecule has 1 atom stereocenters. The Kier molecular flexibility index (Phi) is 4.73. The van der Waals surface area contributed by atoms with E-state index in [-0.39, 0.29) is 11.9 Å². The lowest BCUT2D eigenvalue weighted by Crippen LogP contribution is -2.18. The lowest BCUT2D eigenvalue weighted by atomic mass is 10.1. The minimum Gasteiger partial charge on any atom is -0.312 e. The Labute approximate surface area is 111 Å². The predicted octanol–water partition coefficient (Wildman–Crippen LogP) is 3.27. The molecule has 2 nitrogen and oxygen atoms in total. The van der Waals surface area contributed by atoms with Crippen LogP contribution in [0.15, 0.2) is 53.7 Å². The predicted molar refractivity (Wildman–Crippen MR) is 73.2 cm³/mol. The summed E-state index contributed by atoms with van der Waals surface area (Å²) < 4.78 is 12.8. The molecule has 94 valence electrons. The van der Waals surface area contributed by atoms with Gasteiger partial charge in [0.05, 0.1) is 0 Å². The monoisotopic (exact) mass is 262 g/mol. The molecule has 1 aromatic heterocycles. The van der Waals surface area contributed by atoms with E-state index < -0.39 is 0 Å². The fraction of sp³-hybridized carbons (Fsp3) is 0.214. The smallest absolute Gasteiger partial charge is 0.123 e. The van der Waals surface area contributed by atoms with Crippen LogP contribution in [-0.2, 0) is 0 Å². The van der Waals surface area contributed by atoms with Crippen molar-refractivity contribution >= 4 is 11.8 Å². The Balaban J connectivity index is 1.97. The van der Waals surface area contributed by atoms with Crippen molar-refractivity contribution in [3.63, 3.8) is 0 Å². The molecular weight excluding hydrogens is 247 g/mol. The van der Waals surface area contributed by atoms with Crippen molar-refractivity contribution in [2.75, 3.05) is 12.8 Å². The largest absolute Gasteiger partial charge is 0.312 e. The molecule has 0 bridgehead atoms. The van der Waals surface area contributed by atoms with Crippen LogP contribution in [0.5, 0.6) is 0 Å². The van der Waals surface area contributed by atoms with E-state index in [9.17, 15) is 4.39 Å². The number of nitrogens with one attached hydrogen (secondary N) is 1. The number of nitrogens with zero attached hydrogens (tertiary/aromatic N) is 1. The Morgan fingerprint density at radius 1 is 1.28 bits per heavy atom. The molecule has 1 heterocycles. The van der Waals surface area contributed by atoms with Crippen LogP contribution in [0.25, 0.3) is 0 Å². The number of hydrogen-bond donors (Lipinski definition) is 1. The van der Waals surface area contributed by atoms with E-state index in [1.165, 1.54) is 12.1 Å². The maximum atomic E-state index is 12.8. The molecule has 18 heavy (non-hydrogen) atoms. The lowest BCUT2D eigenvalue weighted by Gasteiger charge is -2.15. The van der Waals surface area contributed by atoms with Gasteiger partial charge in [0, 0.05) is 29.1 Å². The van der Waals surface area contributed by atoms with Gasteiger partial charge in [-0.2, -0.15) is 0 Å². The van der Waals surface area contributed by atoms with Gasteiger partial charge in [-0.3, -0.25) is 4.98 Å². The van der Waals surface area contributed by atoms with Crippen LogP contribution in [-0.4, -0.2) is 17.8 Å². The first-order valence-corrected chi connectivity index (χ1v) is 6.73. The highest BCUT2D eigenvalue weighted by atomic mass is 32.2. The van der Waals surface area contributed by atoms with E-state index in [1.807, 2.05) is 19.3 Å². The second-order valence-electron chi connectivity index (χ2n) is 3.89. The van der Waals surface area contributed by atoms with E-state index in [0.29, 0.717) is 0 Å². The number of hydrogen-bond acceptors (Lipinski definition) is 3. The molecule has 0 fully saturated rings. The Morgan fingerprint density at radius 2 is 2.06 bits per heavy atom. The first kappa shape index (κ1) is 13.1. The lowest BCUT2D eigenvalue weighted by molar-refractivity contribution is 0.626. The van der Waals surface area contributed by atoms with Crippen molar-refractivity contribution in [3.05, 3.63) is 60.2 Å². The van der Waals surface area contributed by atoms with Crippen molar-refractivity contribution < 1.29 is 4.39 Å². The fourth-order valence-electron chi connectivity index (χ4n) is 1.64. The quantitative estimate of drug-likeness (QED) is 0.837. The minimum atomic E-state index is -0.197. The molecule has 0 spiro atoms. The Hall–Kier alpha value is -1.39. The van der Waals surface area contributed by atoms with Crippen LogP contribution in [0.4, 0.5) is 4.39 Å². The molecule has 1 unspecified atom stereocenters. The normalized spacial score (nSPS) is 12.3. The third-order valence-corrected chi connectivity index (χ3v) is 3.77. The maximum Gasteiger partial charge on any atom is 0.123 e.